The van der Waals surface area contributed by atoms with E-state index in [9.17, 15) is 13.2 Å². The topological polar surface area (TPSA) is 9.23 Å². The van der Waals surface area contributed by atoms with Gasteiger partial charge in [0, 0.05) is 0 Å². The predicted octanol–water partition coefficient (Wildman–Crippen LogP) is 5.60. The van der Waals surface area contributed by atoms with Crippen molar-refractivity contribution < 1.29 is 17.9 Å². The lowest BCUT2D eigenvalue weighted by Gasteiger charge is -2.33. The maximum atomic E-state index is 14.7. The average molecular weight is 314 g/mol. The summed E-state index contributed by atoms with van der Waals surface area (Å²) in [7, 11) is 0. The highest BCUT2D eigenvalue weighted by Gasteiger charge is 2.36. The Morgan fingerprint density at radius 3 is 2.41 bits per heavy atom. The van der Waals surface area contributed by atoms with E-state index < -0.39 is 17.3 Å². The molecule has 124 valence electrons. The number of hydrogen-bond acceptors (Lipinski definition) is 1. The highest BCUT2D eigenvalue weighted by Crippen LogP contribution is 2.37. The third-order valence-corrected chi connectivity index (χ3v) is 4.69. The Bertz CT molecular complexity index is 493. The molecule has 1 aliphatic rings. The molecule has 1 aromatic carbocycles. The molecule has 0 spiro atoms. The second kappa shape index (κ2) is 7.38. The first-order valence-electron chi connectivity index (χ1n) is 8.27. The minimum atomic E-state index is -1.42. The zero-order chi connectivity index (χ0) is 16.2. The number of alkyl halides is 1. The predicted molar refractivity (Wildman–Crippen MR) is 81.9 cm³/mol. The second-order valence-electron chi connectivity index (χ2n) is 6.38. The molecule has 0 N–H and O–H groups in total. The van der Waals surface area contributed by atoms with Crippen LogP contribution in [0.5, 0.6) is 5.75 Å². The maximum absolute atomic E-state index is 14.7. The summed E-state index contributed by atoms with van der Waals surface area (Å²) < 4.78 is 47.6. The molecule has 1 nitrogen and oxygen atoms in total. The van der Waals surface area contributed by atoms with Gasteiger partial charge in [0.25, 0.3) is 0 Å². The summed E-state index contributed by atoms with van der Waals surface area (Å²) in [5, 5.41) is 0. The van der Waals surface area contributed by atoms with Crippen molar-refractivity contribution in [2.45, 2.75) is 64.5 Å². The Labute approximate surface area is 130 Å². The van der Waals surface area contributed by atoms with E-state index in [4.69, 9.17) is 4.74 Å². The quantitative estimate of drug-likeness (QED) is 0.663. The molecule has 0 bridgehead atoms. The van der Waals surface area contributed by atoms with E-state index in [1.54, 1.807) is 6.92 Å². The first kappa shape index (κ1) is 17.2. The number of aryl methyl sites for hydroxylation is 1. The van der Waals surface area contributed by atoms with Crippen molar-refractivity contribution in [1.29, 1.82) is 0 Å². The molecule has 0 unspecified atom stereocenters. The summed E-state index contributed by atoms with van der Waals surface area (Å²) in [5.74, 6) is -1.50. The zero-order valence-electron chi connectivity index (χ0n) is 13.4. The number of rotatable bonds is 6. The minimum Gasteiger partial charge on any atom is -0.487 e. The van der Waals surface area contributed by atoms with Crippen LogP contribution in [0.3, 0.4) is 0 Å². The van der Waals surface area contributed by atoms with Gasteiger partial charge >= 0.3 is 0 Å². The van der Waals surface area contributed by atoms with Gasteiger partial charge in [-0.1, -0.05) is 32.8 Å². The monoisotopic (exact) mass is 314 g/mol. The molecule has 1 aromatic rings. The lowest BCUT2D eigenvalue weighted by molar-refractivity contribution is 0.0297. The van der Waals surface area contributed by atoms with Crippen LogP contribution >= 0.6 is 0 Å². The van der Waals surface area contributed by atoms with Crippen LogP contribution < -0.4 is 4.74 Å². The SMILES string of the molecule is CCCC1CCC(F)(COc2ccc(CC)c(F)c2F)CC1. The summed E-state index contributed by atoms with van der Waals surface area (Å²) >= 11 is 0. The van der Waals surface area contributed by atoms with Gasteiger partial charge in [-0.05, 0) is 49.7 Å². The standard InChI is InChI=1S/C18H25F3O/c1-3-5-13-8-10-18(21,11-9-13)12-22-15-7-6-14(4-2)16(19)17(15)20/h6-7,13H,3-5,8-12H2,1-2H3. The van der Waals surface area contributed by atoms with E-state index in [0.717, 1.165) is 25.7 Å². The molecule has 0 heterocycles. The molecule has 0 amide bonds. The number of hydrogen-bond donors (Lipinski definition) is 0. The van der Waals surface area contributed by atoms with E-state index in [0.29, 0.717) is 30.7 Å². The molecular formula is C18H25F3O. The molecule has 0 atom stereocenters. The second-order valence-corrected chi connectivity index (χ2v) is 6.38. The normalized spacial score (nSPS) is 25.2. The molecule has 0 radical (unpaired) electrons. The molecule has 0 aromatic heterocycles. The van der Waals surface area contributed by atoms with Gasteiger partial charge in [0.1, 0.15) is 12.3 Å². The molecule has 2 rings (SSSR count). The van der Waals surface area contributed by atoms with Gasteiger partial charge < -0.3 is 4.74 Å². The third kappa shape index (κ3) is 3.96. The maximum Gasteiger partial charge on any atom is 0.200 e. The zero-order valence-corrected chi connectivity index (χ0v) is 13.4. The first-order valence-corrected chi connectivity index (χ1v) is 8.27. The molecule has 22 heavy (non-hydrogen) atoms. The fourth-order valence-corrected chi connectivity index (χ4v) is 3.20. The summed E-state index contributed by atoms with van der Waals surface area (Å²) in [5.41, 5.74) is -1.11. The lowest BCUT2D eigenvalue weighted by Crippen LogP contribution is -2.35. The van der Waals surface area contributed by atoms with Crippen molar-refractivity contribution >= 4 is 0 Å². The minimum absolute atomic E-state index is 0.192. The number of halogens is 3. The number of benzene rings is 1. The first-order chi connectivity index (χ1) is 10.5. The summed E-state index contributed by atoms with van der Waals surface area (Å²) in [6, 6.07) is 2.89. The molecular weight excluding hydrogens is 289 g/mol. The molecule has 1 fully saturated rings. The van der Waals surface area contributed by atoms with Gasteiger partial charge in [-0.2, -0.15) is 4.39 Å². The van der Waals surface area contributed by atoms with Crippen LogP contribution in [0.4, 0.5) is 13.2 Å². The Balaban J connectivity index is 1.94. The van der Waals surface area contributed by atoms with Crippen molar-refractivity contribution in [3.05, 3.63) is 29.3 Å². The summed E-state index contributed by atoms with van der Waals surface area (Å²) in [6.07, 6.45) is 5.24. The number of ether oxygens (including phenoxy) is 1. The van der Waals surface area contributed by atoms with Gasteiger partial charge in [-0.15, -0.1) is 0 Å². The third-order valence-electron chi connectivity index (χ3n) is 4.69. The molecule has 0 saturated heterocycles. The van der Waals surface area contributed by atoms with Gasteiger partial charge in [0.2, 0.25) is 5.82 Å². The van der Waals surface area contributed by atoms with Gasteiger partial charge in [0.05, 0.1) is 0 Å². The van der Waals surface area contributed by atoms with E-state index in [2.05, 4.69) is 6.92 Å². The largest absolute Gasteiger partial charge is 0.487 e. The Hall–Kier alpha value is -1.19. The van der Waals surface area contributed by atoms with Gasteiger partial charge in [-0.25, -0.2) is 8.78 Å². The molecule has 4 heteroatoms. The fraction of sp³-hybridized carbons (Fsp3) is 0.667. The molecule has 0 aliphatic heterocycles. The Morgan fingerprint density at radius 2 is 1.82 bits per heavy atom. The van der Waals surface area contributed by atoms with E-state index in [1.807, 2.05) is 0 Å². The van der Waals surface area contributed by atoms with E-state index in [1.165, 1.54) is 12.1 Å². The van der Waals surface area contributed by atoms with Gasteiger partial charge in [0.15, 0.2) is 11.6 Å². The van der Waals surface area contributed by atoms with Crippen molar-refractivity contribution in [3.8, 4) is 5.75 Å². The van der Waals surface area contributed by atoms with Crippen LogP contribution in [0.2, 0.25) is 0 Å². The highest BCUT2D eigenvalue weighted by atomic mass is 19.2. The van der Waals surface area contributed by atoms with Crippen LogP contribution in [0, 0.1) is 17.6 Å². The van der Waals surface area contributed by atoms with Gasteiger partial charge in [-0.3, -0.25) is 0 Å². The van der Waals surface area contributed by atoms with Crippen LogP contribution in [0.15, 0.2) is 12.1 Å². The molecule has 1 aliphatic carbocycles. The van der Waals surface area contributed by atoms with Crippen molar-refractivity contribution in [1.82, 2.24) is 0 Å². The average Bonchev–Trinajstić information content (AvgIpc) is 2.52. The Morgan fingerprint density at radius 1 is 1.14 bits per heavy atom. The lowest BCUT2D eigenvalue weighted by atomic mass is 9.78. The van der Waals surface area contributed by atoms with E-state index in [-0.39, 0.29) is 12.4 Å². The van der Waals surface area contributed by atoms with Crippen LogP contribution in [-0.2, 0) is 6.42 Å². The van der Waals surface area contributed by atoms with E-state index >= 15 is 0 Å². The van der Waals surface area contributed by atoms with Crippen LogP contribution in [0.25, 0.3) is 0 Å². The van der Waals surface area contributed by atoms with Crippen LogP contribution in [0.1, 0.15) is 57.9 Å². The van der Waals surface area contributed by atoms with Crippen molar-refractivity contribution in [3.63, 3.8) is 0 Å². The van der Waals surface area contributed by atoms with Crippen molar-refractivity contribution in [2.24, 2.45) is 5.92 Å². The highest BCUT2D eigenvalue weighted by molar-refractivity contribution is 5.31. The fourth-order valence-electron chi connectivity index (χ4n) is 3.20. The Kier molecular flexibility index (Phi) is 5.76. The smallest absolute Gasteiger partial charge is 0.200 e. The van der Waals surface area contributed by atoms with Crippen molar-refractivity contribution in [2.75, 3.05) is 6.61 Å². The summed E-state index contributed by atoms with van der Waals surface area (Å²) in [6.45, 7) is 3.69. The van der Waals surface area contributed by atoms with Crippen LogP contribution in [-0.4, -0.2) is 12.3 Å². The summed E-state index contributed by atoms with van der Waals surface area (Å²) in [4.78, 5) is 0. The molecule has 1 saturated carbocycles.